The van der Waals surface area contributed by atoms with Crippen molar-refractivity contribution in [2.75, 3.05) is 11.1 Å². The van der Waals surface area contributed by atoms with Crippen molar-refractivity contribution in [3.63, 3.8) is 0 Å². The number of hydrogen-bond donors (Lipinski definition) is 2. The number of pyridine rings is 1. The fourth-order valence-corrected chi connectivity index (χ4v) is 4.48. The molecule has 14 heteroatoms. The first kappa shape index (κ1) is 25.4. The SMILES string of the molecule is CC(F)(F)c1ccc(C2(C)C(=O)Nc3nc(-c4cn5ccnc5c(CCCC(F)(F)F)n4)nc(N)c32)cn1. The van der Waals surface area contributed by atoms with E-state index in [0.29, 0.717) is 16.9 Å². The Morgan fingerprint density at radius 1 is 1.11 bits per heavy atom. The summed E-state index contributed by atoms with van der Waals surface area (Å²) in [4.78, 5) is 34.3. The van der Waals surface area contributed by atoms with Crippen LogP contribution in [0, 0.1) is 0 Å². The highest BCUT2D eigenvalue weighted by Gasteiger charge is 2.48. The van der Waals surface area contributed by atoms with E-state index in [4.69, 9.17) is 5.73 Å². The van der Waals surface area contributed by atoms with Crippen molar-refractivity contribution in [3.8, 4) is 11.5 Å². The summed E-state index contributed by atoms with van der Waals surface area (Å²) in [6.07, 6.45) is 0.426. The van der Waals surface area contributed by atoms with Gasteiger partial charge in [0.15, 0.2) is 11.5 Å². The first-order chi connectivity index (χ1) is 17.8. The van der Waals surface area contributed by atoms with Gasteiger partial charge in [0.2, 0.25) is 5.91 Å². The molecule has 0 aliphatic carbocycles. The normalized spacial score (nSPS) is 17.6. The van der Waals surface area contributed by atoms with E-state index in [1.54, 1.807) is 23.7 Å². The van der Waals surface area contributed by atoms with Crippen LogP contribution in [0.4, 0.5) is 33.6 Å². The van der Waals surface area contributed by atoms with Crippen molar-refractivity contribution in [3.05, 3.63) is 59.4 Å². The zero-order valence-corrected chi connectivity index (χ0v) is 20.1. The molecule has 1 atom stereocenters. The Labute approximate surface area is 212 Å². The van der Waals surface area contributed by atoms with Crippen LogP contribution in [0.25, 0.3) is 17.2 Å². The predicted octanol–water partition coefficient (Wildman–Crippen LogP) is 4.42. The summed E-state index contributed by atoms with van der Waals surface area (Å²) >= 11 is 0. The number of rotatable bonds is 6. The molecule has 0 saturated carbocycles. The van der Waals surface area contributed by atoms with Gasteiger partial charge in [-0.3, -0.25) is 9.78 Å². The number of nitrogens with one attached hydrogen (secondary N) is 1. The van der Waals surface area contributed by atoms with Gasteiger partial charge in [0.25, 0.3) is 5.92 Å². The summed E-state index contributed by atoms with van der Waals surface area (Å²) in [7, 11) is 0. The van der Waals surface area contributed by atoms with Gasteiger partial charge >= 0.3 is 6.18 Å². The third-order valence-electron chi connectivity index (χ3n) is 6.46. The van der Waals surface area contributed by atoms with Gasteiger partial charge in [-0.05, 0) is 31.4 Å². The number of amides is 1. The standard InChI is InChI=1S/C24H21F5N8O/c1-22(12-5-6-15(32-10-12)23(2,25)26)16-17(30)34-18(35-19(16)36-21(22)38)14-11-37-9-8-31-20(37)13(33-14)4-3-7-24(27,28)29/h5-6,8-11H,3-4,7H2,1-2H3,(H3,30,34,35,36,38). The molecule has 0 spiro atoms. The number of aryl methyl sites for hydroxylation is 1. The number of halogens is 5. The highest BCUT2D eigenvalue weighted by Crippen LogP contribution is 2.45. The van der Waals surface area contributed by atoms with Crippen molar-refractivity contribution >= 4 is 23.2 Å². The van der Waals surface area contributed by atoms with Crippen LogP contribution in [0.3, 0.4) is 0 Å². The Morgan fingerprint density at radius 3 is 2.53 bits per heavy atom. The summed E-state index contributed by atoms with van der Waals surface area (Å²) < 4.78 is 66.9. The van der Waals surface area contributed by atoms with Crippen LogP contribution in [0.15, 0.2) is 36.9 Å². The lowest BCUT2D eigenvalue weighted by Crippen LogP contribution is -2.33. The van der Waals surface area contributed by atoms with Crippen LogP contribution in [0.2, 0.25) is 0 Å². The monoisotopic (exact) mass is 532 g/mol. The van der Waals surface area contributed by atoms with Crippen LogP contribution in [0.5, 0.6) is 0 Å². The molecule has 1 amide bonds. The van der Waals surface area contributed by atoms with E-state index in [1.165, 1.54) is 18.5 Å². The van der Waals surface area contributed by atoms with Gasteiger partial charge in [0.1, 0.15) is 28.4 Å². The molecule has 0 aromatic carbocycles. The molecule has 3 N–H and O–H groups in total. The predicted molar refractivity (Wildman–Crippen MR) is 126 cm³/mol. The Kier molecular flexibility index (Phi) is 5.80. The van der Waals surface area contributed by atoms with Gasteiger partial charge in [-0.2, -0.15) is 22.0 Å². The molecule has 198 valence electrons. The number of carbonyl (C=O) groups is 1. The Hall–Kier alpha value is -4.23. The minimum Gasteiger partial charge on any atom is -0.383 e. The van der Waals surface area contributed by atoms with Crippen molar-refractivity contribution in [1.82, 2.24) is 29.3 Å². The van der Waals surface area contributed by atoms with E-state index in [-0.39, 0.29) is 41.6 Å². The van der Waals surface area contributed by atoms with Crippen molar-refractivity contribution in [1.29, 1.82) is 0 Å². The first-order valence-electron chi connectivity index (χ1n) is 11.5. The van der Waals surface area contributed by atoms with Crippen molar-refractivity contribution < 1.29 is 26.7 Å². The smallest absolute Gasteiger partial charge is 0.383 e. The number of nitrogens with two attached hydrogens (primary N) is 1. The highest BCUT2D eigenvalue weighted by molar-refractivity contribution is 6.09. The zero-order valence-electron chi connectivity index (χ0n) is 20.1. The largest absolute Gasteiger partial charge is 0.389 e. The molecule has 0 fully saturated rings. The number of alkyl halides is 5. The maximum atomic E-state index is 13.6. The van der Waals surface area contributed by atoms with Crippen LogP contribution >= 0.6 is 0 Å². The summed E-state index contributed by atoms with van der Waals surface area (Å²) in [6, 6.07) is 2.52. The third-order valence-corrected chi connectivity index (χ3v) is 6.46. The summed E-state index contributed by atoms with van der Waals surface area (Å²) in [5.41, 5.74) is 5.94. The maximum Gasteiger partial charge on any atom is 0.389 e. The number of nitrogen functional groups attached to an aromatic ring is 1. The molecule has 9 nitrogen and oxygen atoms in total. The molecule has 0 bridgehead atoms. The van der Waals surface area contributed by atoms with Crippen LogP contribution in [-0.2, 0) is 22.6 Å². The van der Waals surface area contributed by atoms with Gasteiger partial charge in [0.05, 0.1) is 11.3 Å². The third kappa shape index (κ3) is 4.39. The number of hydrogen-bond acceptors (Lipinski definition) is 7. The molecule has 4 aromatic rings. The van der Waals surface area contributed by atoms with E-state index >= 15 is 0 Å². The lowest BCUT2D eigenvalue weighted by atomic mass is 9.78. The number of fused-ring (bicyclic) bond motifs is 2. The molecule has 38 heavy (non-hydrogen) atoms. The molecule has 5 heterocycles. The number of imidazole rings is 1. The molecule has 1 aliphatic rings. The second kappa shape index (κ2) is 8.67. The lowest BCUT2D eigenvalue weighted by Gasteiger charge is -2.23. The summed E-state index contributed by atoms with van der Waals surface area (Å²) in [6.45, 7) is 2.28. The number of aromatic nitrogens is 6. The van der Waals surface area contributed by atoms with Crippen molar-refractivity contribution in [2.24, 2.45) is 0 Å². The minimum absolute atomic E-state index is 0.0168. The number of carbonyl (C=O) groups excluding carboxylic acids is 1. The molecule has 1 aliphatic heterocycles. The first-order valence-corrected chi connectivity index (χ1v) is 11.5. The molecule has 5 rings (SSSR count). The van der Waals surface area contributed by atoms with Gasteiger partial charge < -0.3 is 15.5 Å². The molecule has 0 saturated heterocycles. The topological polar surface area (TPSA) is 124 Å². The Bertz CT molecular complexity index is 1540. The summed E-state index contributed by atoms with van der Waals surface area (Å²) in [5.74, 6) is -3.56. The molecular formula is C24H21F5N8O. The fraction of sp³-hybridized carbons (Fsp3) is 0.333. The van der Waals surface area contributed by atoms with E-state index in [9.17, 15) is 26.7 Å². The zero-order chi connectivity index (χ0) is 27.5. The average Bonchev–Trinajstić information content (AvgIpc) is 3.40. The quantitative estimate of drug-likeness (QED) is 0.353. The second-order valence-corrected chi connectivity index (χ2v) is 9.26. The lowest BCUT2D eigenvalue weighted by molar-refractivity contribution is -0.135. The molecule has 0 radical (unpaired) electrons. The van der Waals surface area contributed by atoms with E-state index in [0.717, 1.165) is 13.0 Å². The summed E-state index contributed by atoms with van der Waals surface area (Å²) in [5, 5.41) is 2.66. The highest BCUT2D eigenvalue weighted by atomic mass is 19.4. The minimum atomic E-state index is -4.29. The number of nitrogens with zero attached hydrogens (tertiary/aromatic N) is 6. The molecular weight excluding hydrogens is 511 g/mol. The van der Waals surface area contributed by atoms with Crippen LogP contribution in [-0.4, -0.2) is 41.4 Å². The Balaban J connectivity index is 1.54. The van der Waals surface area contributed by atoms with Crippen molar-refractivity contribution in [2.45, 2.75) is 50.6 Å². The second-order valence-electron chi connectivity index (χ2n) is 9.26. The van der Waals surface area contributed by atoms with Gasteiger partial charge in [-0.1, -0.05) is 6.07 Å². The van der Waals surface area contributed by atoms with Crippen LogP contribution in [0.1, 0.15) is 49.2 Å². The number of anilines is 2. The Morgan fingerprint density at radius 2 is 1.87 bits per heavy atom. The van der Waals surface area contributed by atoms with Crippen LogP contribution < -0.4 is 11.1 Å². The average molecular weight is 532 g/mol. The van der Waals surface area contributed by atoms with Gasteiger partial charge in [0, 0.05) is 38.1 Å². The maximum absolute atomic E-state index is 13.6. The van der Waals surface area contributed by atoms with Gasteiger partial charge in [-0.15, -0.1) is 0 Å². The van der Waals surface area contributed by atoms with E-state index in [1.807, 2.05) is 0 Å². The van der Waals surface area contributed by atoms with E-state index in [2.05, 4.69) is 30.2 Å². The van der Waals surface area contributed by atoms with E-state index < -0.39 is 35.5 Å². The fourth-order valence-electron chi connectivity index (χ4n) is 4.48. The molecule has 4 aromatic heterocycles. The molecule has 1 unspecified atom stereocenters. The van der Waals surface area contributed by atoms with Gasteiger partial charge in [-0.25, -0.2) is 19.9 Å².